The van der Waals surface area contributed by atoms with E-state index < -0.39 is 12.1 Å². The first-order chi connectivity index (χ1) is 9.56. The molecular weight excluding hydrogens is 284 g/mol. The lowest BCUT2D eigenvalue weighted by Gasteiger charge is -2.09. The molecule has 0 saturated heterocycles. The second kappa shape index (κ2) is 6.38. The summed E-state index contributed by atoms with van der Waals surface area (Å²) in [5, 5.41) is 17.2. The van der Waals surface area contributed by atoms with Gasteiger partial charge in [0.1, 0.15) is 0 Å². The summed E-state index contributed by atoms with van der Waals surface area (Å²) in [7, 11) is 0. The Balaban J connectivity index is 1.86. The first-order valence-electron chi connectivity index (χ1n) is 6.02. The zero-order valence-electron chi connectivity index (χ0n) is 10.5. The van der Waals surface area contributed by atoms with Gasteiger partial charge in [0, 0.05) is 30.4 Å². The van der Waals surface area contributed by atoms with Crippen molar-refractivity contribution in [2.75, 3.05) is 6.54 Å². The lowest BCUT2D eigenvalue weighted by atomic mass is 10.0. The Labute approximate surface area is 120 Å². The maximum atomic E-state index is 11.7. The Kier molecular flexibility index (Phi) is 4.57. The van der Waals surface area contributed by atoms with Crippen LogP contribution in [0.25, 0.3) is 0 Å². The van der Waals surface area contributed by atoms with Crippen molar-refractivity contribution in [1.82, 2.24) is 5.32 Å². The molecule has 0 fully saturated rings. The number of nitrogens with one attached hydrogen (secondary N) is 1. The van der Waals surface area contributed by atoms with Crippen LogP contribution in [-0.4, -0.2) is 30.2 Å². The first-order valence-corrected chi connectivity index (χ1v) is 6.40. The monoisotopic (exact) mass is 295 g/mol. The summed E-state index contributed by atoms with van der Waals surface area (Å²) in [5.74, 6) is -1.60. The van der Waals surface area contributed by atoms with Crippen LogP contribution in [0.2, 0.25) is 5.02 Å². The Morgan fingerprint density at radius 1 is 1.40 bits per heavy atom. The molecular formula is C13H12ClN2O4-. The lowest BCUT2D eigenvalue weighted by molar-refractivity contribution is -0.305. The summed E-state index contributed by atoms with van der Waals surface area (Å²) in [6.07, 6.45) is -0.635. The Morgan fingerprint density at radius 2 is 2.10 bits per heavy atom. The molecule has 1 amide bonds. The molecule has 0 aliphatic carbocycles. The number of carboxylic acids is 1. The molecule has 1 aromatic carbocycles. The minimum absolute atomic E-state index is 0.0112. The van der Waals surface area contributed by atoms with E-state index in [4.69, 9.17) is 16.4 Å². The van der Waals surface area contributed by atoms with Gasteiger partial charge in [-0.15, -0.1) is 0 Å². The van der Waals surface area contributed by atoms with Gasteiger partial charge in [0.25, 0.3) is 5.91 Å². The van der Waals surface area contributed by atoms with Gasteiger partial charge in [-0.1, -0.05) is 28.9 Å². The van der Waals surface area contributed by atoms with Gasteiger partial charge in [0.15, 0.2) is 0 Å². The van der Waals surface area contributed by atoms with E-state index in [1.54, 1.807) is 24.3 Å². The largest absolute Gasteiger partial charge is 0.550 e. The van der Waals surface area contributed by atoms with E-state index in [0.29, 0.717) is 17.2 Å². The van der Waals surface area contributed by atoms with Crippen LogP contribution in [0.4, 0.5) is 0 Å². The molecule has 20 heavy (non-hydrogen) atoms. The summed E-state index contributed by atoms with van der Waals surface area (Å²) in [6.45, 7) is 0.0112. The van der Waals surface area contributed by atoms with Crippen LogP contribution in [0.15, 0.2) is 29.4 Å². The number of amides is 1. The molecule has 0 spiro atoms. The molecule has 1 aromatic rings. The SMILES string of the molecule is O=C([O-])CCNC(=O)[C@@H]1CC(c2ccc(Cl)cc2)=NO1. The Bertz CT molecular complexity index is 542. The first kappa shape index (κ1) is 14.3. The molecule has 1 aliphatic heterocycles. The zero-order valence-corrected chi connectivity index (χ0v) is 11.2. The zero-order chi connectivity index (χ0) is 14.5. The normalized spacial score (nSPS) is 17.2. The highest BCUT2D eigenvalue weighted by molar-refractivity contribution is 6.30. The predicted octanol–water partition coefficient (Wildman–Crippen LogP) is 0.0892. The fourth-order valence-electron chi connectivity index (χ4n) is 1.73. The Morgan fingerprint density at radius 3 is 2.75 bits per heavy atom. The van der Waals surface area contributed by atoms with Crippen molar-refractivity contribution in [2.24, 2.45) is 5.16 Å². The van der Waals surface area contributed by atoms with Crippen molar-refractivity contribution in [2.45, 2.75) is 18.9 Å². The van der Waals surface area contributed by atoms with E-state index in [-0.39, 0.29) is 18.9 Å². The highest BCUT2D eigenvalue weighted by atomic mass is 35.5. The molecule has 1 aliphatic rings. The summed E-state index contributed by atoms with van der Waals surface area (Å²) < 4.78 is 0. The molecule has 1 heterocycles. The van der Waals surface area contributed by atoms with Crippen LogP contribution in [0.5, 0.6) is 0 Å². The number of hydrogen-bond donors (Lipinski definition) is 1. The average molecular weight is 296 g/mol. The highest BCUT2D eigenvalue weighted by Gasteiger charge is 2.28. The fourth-order valence-corrected chi connectivity index (χ4v) is 1.86. The van der Waals surface area contributed by atoms with Gasteiger partial charge in [-0.2, -0.15) is 0 Å². The van der Waals surface area contributed by atoms with Crippen LogP contribution in [0.1, 0.15) is 18.4 Å². The number of halogens is 1. The molecule has 2 rings (SSSR count). The molecule has 1 N–H and O–H groups in total. The van der Waals surface area contributed by atoms with E-state index in [2.05, 4.69) is 10.5 Å². The molecule has 0 aromatic heterocycles. The van der Waals surface area contributed by atoms with Crippen molar-refractivity contribution >= 4 is 29.2 Å². The second-order valence-electron chi connectivity index (χ2n) is 4.26. The quantitative estimate of drug-likeness (QED) is 0.833. The fraction of sp³-hybridized carbons (Fsp3) is 0.308. The molecule has 6 nitrogen and oxygen atoms in total. The van der Waals surface area contributed by atoms with Gasteiger partial charge in [0.2, 0.25) is 6.10 Å². The number of hydrogen-bond acceptors (Lipinski definition) is 5. The van der Waals surface area contributed by atoms with Crippen molar-refractivity contribution in [3.8, 4) is 0 Å². The molecule has 0 bridgehead atoms. The van der Waals surface area contributed by atoms with Gasteiger partial charge >= 0.3 is 0 Å². The number of aliphatic carboxylic acids is 1. The number of rotatable bonds is 5. The number of nitrogens with zero attached hydrogens (tertiary/aromatic N) is 1. The van der Waals surface area contributed by atoms with Gasteiger partial charge in [-0.05, 0) is 17.7 Å². The number of carbonyl (C=O) groups excluding carboxylic acids is 2. The molecule has 0 saturated carbocycles. The molecule has 106 valence electrons. The van der Waals surface area contributed by atoms with Gasteiger partial charge in [0.05, 0.1) is 5.71 Å². The molecule has 0 unspecified atom stereocenters. The van der Waals surface area contributed by atoms with Crippen molar-refractivity contribution < 1.29 is 19.5 Å². The van der Waals surface area contributed by atoms with E-state index in [1.807, 2.05) is 0 Å². The summed E-state index contributed by atoms with van der Waals surface area (Å²) in [5.41, 5.74) is 1.49. The maximum absolute atomic E-state index is 11.7. The van der Waals surface area contributed by atoms with Crippen LogP contribution in [-0.2, 0) is 14.4 Å². The number of carboxylic acid groups (broad SMARTS) is 1. The van der Waals surface area contributed by atoms with E-state index in [9.17, 15) is 14.7 Å². The topological polar surface area (TPSA) is 90.8 Å². The summed E-state index contributed by atoms with van der Waals surface area (Å²) in [4.78, 5) is 27.0. The third-order valence-corrected chi connectivity index (χ3v) is 3.02. The lowest BCUT2D eigenvalue weighted by Crippen LogP contribution is -2.37. The van der Waals surface area contributed by atoms with Crippen LogP contribution in [0, 0.1) is 0 Å². The third-order valence-electron chi connectivity index (χ3n) is 2.77. The number of oxime groups is 1. The van der Waals surface area contributed by atoms with Gasteiger partial charge in [-0.25, -0.2) is 0 Å². The highest BCUT2D eigenvalue weighted by Crippen LogP contribution is 2.18. The summed E-state index contributed by atoms with van der Waals surface area (Å²) in [6, 6.07) is 7.04. The maximum Gasteiger partial charge on any atom is 0.264 e. The van der Waals surface area contributed by atoms with Crippen molar-refractivity contribution in [3.05, 3.63) is 34.9 Å². The van der Waals surface area contributed by atoms with Crippen molar-refractivity contribution in [3.63, 3.8) is 0 Å². The van der Waals surface area contributed by atoms with E-state index in [1.165, 1.54) is 0 Å². The predicted molar refractivity (Wildman–Crippen MR) is 70.1 cm³/mol. The number of benzene rings is 1. The van der Waals surface area contributed by atoms with Crippen LogP contribution >= 0.6 is 11.6 Å². The standard InChI is InChI=1S/C13H13ClN2O4/c14-9-3-1-8(2-4-9)10-7-11(20-16-10)13(19)15-6-5-12(17)18/h1-4,11H,5-7H2,(H,15,19)(H,17,18)/p-1/t11-/m0/s1. The van der Waals surface area contributed by atoms with Crippen LogP contribution in [0.3, 0.4) is 0 Å². The van der Waals surface area contributed by atoms with E-state index >= 15 is 0 Å². The minimum atomic E-state index is -1.21. The van der Waals surface area contributed by atoms with Crippen molar-refractivity contribution in [1.29, 1.82) is 0 Å². The van der Waals surface area contributed by atoms with Crippen LogP contribution < -0.4 is 10.4 Å². The molecule has 7 heteroatoms. The minimum Gasteiger partial charge on any atom is -0.550 e. The average Bonchev–Trinajstić information content (AvgIpc) is 2.88. The van der Waals surface area contributed by atoms with E-state index in [0.717, 1.165) is 5.56 Å². The van der Waals surface area contributed by atoms with Gasteiger partial charge in [-0.3, -0.25) is 4.79 Å². The smallest absolute Gasteiger partial charge is 0.264 e. The molecule has 1 atom stereocenters. The Hall–Kier alpha value is -2.08. The third kappa shape index (κ3) is 3.71. The van der Waals surface area contributed by atoms with Gasteiger partial charge < -0.3 is 20.1 Å². The molecule has 0 radical (unpaired) electrons. The second-order valence-corrected chi connectivity index (χ2v) is 4.69. The number of carbonyl (C=O) groups is 2. The summed E-state index contributed by atoms with van der Waals surface area (Å²) >= 11 is 5.79.